The van der Waals surface area contributed by atoms with E-state index in [1.165, 1.54) is 18.6 Å². The van der Waals surface area contributed by atoms with Crippen LogP contribution in [0.5, 0.6) is 0 Å². The molecule has 0 aromatic carbocycles. The minimum absolute atomic E-state index is 0.302. The molecule has 2 rings (SSSR count). The van der Waals surface area contributed by atoms with E-state index in [0.717, 1.165) is 6.08 Å². The Morgan fingerprint density at radius 3 is 2.64 bits per heavy atom. The molecule has 2 aromatic heterocycles. The van der Waals surface area contributed by atoms with Crippen molar-refractivity contribution in [1.82, 2.24) is 15.0 Å². The lowest BCUT2D eigenvalue weighted by atomic mass is 10.0. The number of carboxylic acid groups (broad SMARTS) is 1. The number of hydrogen-bond donors (Lipinski definition) is 2. The van der Waals surface area contributed by atoms with Gasteiger partial charge in [0.25, 0.3) is 0 Å². The summed E-state index contributed by atoms with van der Waals surface area (Å²) in [6, 6.07) is 1.71. The van der Waals surface area contributed by atoms with Crippen LogP contribution >= 0.6 is 0 Å². The molecule has 0 aliphatic rings. The van der Waals surface area contributed by atoms with E-state index >= 15 is 0 Å². The number of hydrogen-bond acceptors (Lipinski definition) is 5. The predicted octanol–water partition coefficient (Wildman–Crippen LogP) is 1.85. The highest BCUT2D eigenvalue weighted by Gasteiger charge is 2.15. The normalized spacial score (nSPS) is 11.5. The largest absolute Gasteiger partial charge is 0.481 e. The van der Waals surface area contributed by atoms with E-state index in [9.17, 15) is 9.59 Å². The van der Waals surface area contributed by atoms with E-state index in [1.54, 1.807) is 19.2 Å². The van der Waals surface area contributed by atoms with Gasteiger partial charge in [0.1, 0.15) is 0 Å². The summed E-state index contributed by atoms with van der Waals surface area (Å²) in [7, 11) is 0. The Kier molecular flexibility index (Phi) is 4.57. The summed E-state index contributed by atoms with van der Waals surface area (Å²) in [5, 5.41) is 11.5. The third-order valence-corrected chi connectivity index (χ3v) is 3.01. The second-order valence-corrected chi connectivity index (χ2v) is 4.55. The van der Waals surface area contributed by atoms with Gasteiger partial charge in [-0.1, -0.05) is 6.58 Å². The first-order valence-corrected chi connectivity index (χ1v) is 6.45. The topological polar surface area (TPSA) is 105 Å². The first kappa shape index (κ1) is 15.3. The molecule has 7 nitrogen and oxygen atoms in total. The number of amides is 1. The zero-order chi connectivity index (χ0) is 16.1. The van der Waals surface area contributed by atoms with Crippen LogP contribution < -0.4 is 5.32 Å². The highest BCUT2D eigenvalue weighted by Crippen LogP contribution is 2.21. The minimum atomic E-state index is -0.924. The van der Waals surface area contributed by atoms with Crippen LogP contribution in [0, 0.1) is 0 Å². The van der Waals surface area contributed by atoms with Crippen molar-refractivity contribution in [3.05, 3.63) is 49.1 Å². The quantitative estimate of drug-likeness (QED) is 0.816. The van der Waals surface area contributed by atoms with E-state index in [2.05, 4.69) is 26.8 Å². The number of carboxylic acids is 1. The van der Waals surface area contributed by atoms with Crippen LogP contribution in [-0.4, -0.2) is 31.9 Å². The summed E-state index contributed by atoms with van der Waals surface area (Å²) in [4.78, 5) is 34.5. The van der Waals surface area contributed by atoms with Crippen molar-refractivity contribution in [2.24, 2.45) is 0 Å². The molecule has 0 saturated heterocycles. The third kappa shape index (κ3) is 3.51. The number of nitrogens with one attached hydrogen (secondary N) is 1. The van der Waals surface area contributed by atoms with Gasteiger partial charge in [-0.15, -0.1) is 0 Å². The second-order valence-electron chi connectivity index (χ2n) is 4.55. The Labute approximate surface area is 126 Å². The molecule has 0 saturated carbocycles. The molecule has 0 radical (unpaired) electrons. The Hall–Kier alpha value is -3.09. The number of pyridine rings is 1. The average Bonchev–Trinajstić information content (AvgIpc) is 2.54. The lowest BCUT2D eigenvalue weighted by Gasteiger charge is -2.08. The molecule has 0 aliphatic heterocycles. The van der Waals surface area contributed by atoms with Gasteiger partial charge < -0.3 is 10.4 Å². The highest BCUT2D eigenvalue weighted by atomic mass is 16.4. The molecule has 112 valence electrons. The van der Waals surface area contributed by atoms with Crippen molar-refractivity contribution in [3.63, 3.8) is 0 Å². The summed E-state index contributed by atoms with van der Waals surface area (Å²) in [5.74, 6) is -1.66. The van der Waals surface area contributed by atoms with Crippen molar-refractivity contribution in [3.8, 4) is 11.3 Å². The minimum Gasteiger partial charge on any atom is -0.481 e. The van der Waals surface area contributed by atoms with Gasteiger partial charge in [0.2, 0.25) is 5.91 Å². The first-order valence-electron chi connectivity index (χ1n) is 6.45. The molecule has 7 heteroatoms. The van der Waals surface area contributed by atoms with E-state index in [1.807, 2.05) is 0 Å². The molecule has 0 spiro atoms. The molecular formula is C15H14N4O3. The van der Waals surface area contributed by atoms with Crippen LogP contribution in [0.1, 0.15) is 18.4 Å². The fourth-order valence-electron chi connectivity index (χ4n) is 1.70. The van der Waals surface area contributed by atoms with E-state index < -0.39 is 11.9 Å². The van der Waals surface area contributed by atoms with Gasteiger partial charge >= 0.3 is 5.97 Å². The Morgan fingerprint density at radius 2 is 2.05 bits per heavy atom. The molecule has 1 amide bonds. The number of carbonyl (C=O) groups is 2. The SMILES string of the molecule is C=CC(=O)Nc1cnc(-c2cncc(C(C)C(=O)O)c2)cn1. The number of anilines is 1. The Balaban J connectivity index is 2.25. The van der Waals surface area contributed by atoms with Crippen molar-refractivity contribution in [1.29, 1.82) is 0 Å². The van der Waals surface area contributed by atoms with Gasteiger partial charge in [-0.05, 0) is 24.6 Å². The van der Waals surface area contributed by atoms with Gasteiger partial charge in [-0.25, -0.2) is 4.98 Å². The first-order chi connectivity index (χ1) is 10.5. The van der Waals surface area contributed by atoms with E-state index in [0.29, 0.717) is 22.6 Å². The Morgan fingerprint density at radius 1 is 1.27 bits per heavy atom. The zero-order valence-electron chi connectivity index (χ0n) is 11.9. The monoisotopic (exact) mass is 298 g/mol. The Bertz CT molecular complexity index is 713. The molecule has 22 heavy (non-hydrogen) atoms. The molecule has 0 fully saturated rings. The van der Waals surface area contributed by atoms with Crippen molar-refractivity contribution in [2.75, 3.05) is 5.32 Å². The fourth-order valence-corrected chi connectivity index (χ4v) is 1.70. The standard InChI is InChI=1S/C15H14N4O3/c1-3-14(20)19-13-8-17-12(7-18-13)11-4-10(5-16-6-11)9(2)15(21)22/h3-9H,1H2,2H3,(H,21,22)(H,18,19,20). The average molecular weight is 298 g/mol. The number of rotatable bonds is 5. The van der Waals surface area contributed by atoms with Crippen LogP contribution in [0.4, 0.5) is 5.82 Å². The molecular weight excluding hydrogens is 284 g/mol. The molecule has 0 bridgehead atoms. The molecule has 0 aliphatic carbocycles. The molecule has 1 atom stereocenters. The van der Waals surface area contributed by atoms with Crippen LogP contribution in [0.3, 0.4) is 0 Å². The van der Waals surface area contributed by atoms with Gasteiger partial charge in [0.05, 0.1) is 24.0 Å². The molecule has 2 heterocycles. The second kappa shape index (κ2) is 6.57. The van der Waals surface area contributed by atoms with Gasteiger partial charge in [0.15, 0.2) is 5.82 Å². The molecule has 2 aromatic rings. The lowest BCUT2D eigenvalue weighted by Crippen LogP contribution is -2.09. The number of carbonyl (C=O) groups excluding carboxylic acids is 1. The summed E-state index contributed by atoms with van der Waals surface area (Å²) in [5.41, 5.74) is 1.76. The van der Waals surface area contributed by atoms with Crippen molar-refractivity contribution >= 4 is 17.7 Å². The number of nitrogens with zero attached hydrogens (tertiary/aromatic N) is 3. The van der Waals surface area contributed by atoms with E-state index in [-0.39, 0.29) is 5.91 Å². The predicted molar refractivity (Wildman–Crippen MR) is 80.1 cm³/mol. The van der Waals surface area contributed by atoms with Crippen molar-refractivity contribution in [2.45, 2.75) is 12.8 Å². The maximum Gasteiger partial charge on any atom is 0.310 e. The number of aliphatic carboxylic acids is 1. The maximum atomic E-state index is 11.2. The van der Waals surface area contributed by atoms with Crippen LogP contribution in [-0.2, 0) is 9.59 Å². The summed E-state index contributed by atoms with van der Waals surface area (Å²) in [6.45, 7) is 4.93. The van der Waals surface area contributed by atoms with Crippen LogP contribution in [0.15, 0.2) is 43.5 Å². The van der Waals surface area contributed by atoms with Gasteiger partial charge in [-0.3, -0.25) is 19.6 Å². The molecule has 2 N–H and O–H groups in total. The van der Waals surface area contributed by atoms with Gasteiger partial charge in [-0.2, -0.15) is 0 Å². The maximum absolute atomic E-state index is 11.2. The third-order valence-electron chi connectivity index (χ3n) is 3.01. The van der Waals surface area contributed by atoms with Crippen LogP contribution in [0.2, 0.25) is 0 Å². The van der Waals surface area contributed by atoms with Crippen molar-refractivity contribution < 1.29 is 14.7 Å². The summed E-state index contributed by atoms with van der Waals surface area (Å²) < 4.78 is 0. The van der Waals surface area contributed by atoms with Crippen LogP contribution in [0.25, 0.3) is 11.3 Å². The van der Waals surface area contributed by atoms with E-state index in [4.69, 9.17) is 5.11 Å². The lowest BCUT2D eigenvalue weighted by molar-refractivity contribution is -0.138. The fraction of sp³-hybridized carbons (Fsp3) is 0.133. The molecule has 1 unspecified atom stereocenters. The zero-order valence-corrected chi connectivity index (χ0v) is 11.9. The summed E-state index contributed by atoms with van der Waals surface area (Å²) in [6.07, 6.45) is 7.10. The van der Waals surface area contributed by atoms with Gasteiger partial charge in [0, 0.05) is 18.0 Å². The number of aromatic nitrogens is 3. The summed E-state index contributed by atoms with van der Waals surface area (Å²) >= 11 is 0. The highest BCUT2D eigenvalue weighted by molar-refractivity contribution is 5.98. The smallest absolute Gasteiger partial charge is 0.310 e.